The third-order valence-corrected chi connectivity index (χ3v) is 5.71. The maximum Gasteiger partial charge on any atom is 0.191 e. The molecular formula is C24H39IN6O. The van der Waals surface area contributed by atoms with Gasteiger partial charge in [0.1, 0.15) is 0 Å². The molecule has 2 heterocycles. The molecule has 1 fully saturated rings. The quantitative estimate of drug-likeness (QED) is 0.298. The van der Waals surface area contributed by atoms with Gasteiger partial charge in [0.05, 0.1) is 24.9 Å². The SMILES string of the molecule is CN=C(NCc1c(C)nn(Cc2ccccc2)c1C)NCC1CN(CC(C)C)CCO1.I. The van der Waals surface area contributed by atoms with E-state index in [1.165, 1.54) is 16.8 Å². The standard InChI is InChI=1S/C24H38N6O.HI/c1-18(2)15-29-11-12-31-22(17-29)13-26-24(25-5)27-14-23-19(3)28-30(20(23)4)16-21-9-7-6-8-10-21;/h6-10,18,22H,11-17H2,1-5H3,(H2,25,26,27);1H. The highest BCUT2D eigenvalue weighted by molar-refractivity contribution is 14.0. The molecule has 2 aromatic rings. The first-order valence-electron chi connectivity index (χ1n) is 11.3. The Bertz CT molecular complexity index is 852. The number of halogens is 1. The Balaban J connectivity index is 0.00000363. The van der Waals surface area contributed by atoms with E-state index in [0.29, 0.717) is 12.5 Å². The molecule has 178 valence electrons. The van der Waals surface area contributed by atoms with Crippen molar-refractivity contribution in [3.63, 3.8) is 0 Å². The van der Waals surface area contributed by atoms with Gasteiger partial charge in [-0.2, -0.15) is 5.10 Å². The number of rotatable bonds is 8. The Kier molecular flexibility index (Phi) is 10.9. The molecule has 0 bridgehead atoms. The number of ether oxygens (including phenoxy) is 1. The van der Waals surface area contributed by atoms with Crippen LogP contribution in [0.4, 0.5) is 0 Å². The number of morpholine rings is 1. The zero-order valence-electron chi connectivity index (χ0n) is 20.1. The van der Waals surface area contributed by atoms with Crippen LogP contribution in [0.5, 0.6) is 0 Å². The summed E-state index contributed by atoms with van der Waals surface area (Å²) in [7, 11) is 1.81. The Hall–Kier alpha value is -1.65. The number of hydrogen-bond acceptors (Lipinski definition) is 4. The number of aromatic nitrogens is 2. The van der Waals surface area contributed by atoms with E-state index >= 15 is 0 Å². The van der Waals surface area contributed by atoms with E-state index in [-0.39, 0.29) is 30.1 Å². The van der Waals surface area contributed by atoms with Gasteiger partial charge >= 0.3 is 0 Å². The van der Waals surface area contributed by atoms with Crippen LogP contribution in [0.15, 0.2) is 35.3 Å². The number of nitrogens with one attached hydrogen (secondary N) is 2. The first kappa shape index (κ1) is 26.6. The van der Waals surface area contributed by atoms with E-state index in [1.54, 1.807) is 7.05 Å². The molecule has 7 nitrogen and oxygen atoms in total. The van der Waals surface area contributed by atoms with Crippen LogP contribution >= 0.6 is 24.0 Å². The second-order valence-corrected chi connectivity index (χ2v) is 8.75. The number of benzene rings is 1. The Labute approximate surface area is 210 Å². The highest BCUT2D eigenvalue weighted by Crippen LogP contribution is 2.15. The number of aliphatic imine (C=N–C) groups is 1. The van der Waals surface area contributed by atoms with Crippen molar-refractivity contribution < 1.29 is 4.74 Å². The Morgan fingerprint density at radius 3 is 2.66 bits per heavy atom. The molecule has 1 aromatic carbocycles. The lowest BCUT2D eigenvalue weighted by molar-refractivity contribution is -0.0284. The molecule has 32 heavy (non-hydrogen) atoms. The largest absolute Gasteiger partial charge is 0.374 e. The topological polar surface area (TPSA) is 66.7 Å². The molecule has 1 aliphatic heterocycles. The smallest absolute Gasteiger partial charge is 0.191 e. The van der Waals surface area contributed by atoms with Gasteiger partial charge in [-0.25, -0.2) is 0 Å². The molecule has 1 aromatic heterocycles. The van der Waals surface area contributed by atoms with Crippen LogP contribution in [0.1, 0.15) is 36.4 Å². The molecule has 0 spiro atoms. The lowest BCUT2D eigenvalue weighted by Crippen LogP contribution is -2.50. The predicted molar refractivity (Wildman–Crippen MR) is 142 cm³/mol. The van der Waals surface area contributed by atoms with E-state index in [1.807, 2.05) is 6.07 Å². The lowest BCUT2D eigenvalue weighted by atomic mass is 10.2. The molecule has 1 atom stereocenters. The Morgan fingerprint density at radius 2 is 1.97 bits per heavy atom. The van der Waals surface area contributed by atoms with Crippen molar-refractivity contribution >= 4 is 29.9 Å². The predicted octanol–water partition coefficient (Wildman–Crippen LogP) is 3.19. The summed E-state index contributed by atoms with van der Waals surface area (Å²) in [5, 5.41) is 11.6. The number of hydrogen-bond donors (Lipinski definition) is 2. The minimum atomic E-state index is 0. The number of guanidine groups is 1. The monoisotopic (exact) mass is 554 g/mol. The van der Waals surface area contributed by atoms with Gasteiger partial charge in [-0.1, -0.05) is 44.2 Å². The van der Waals surface area contributed by atoms with Gasteiger partial charge in [0.15, 0.2) is 5.96 Å². The summed E-state index contributed by atoms with van der Waals surface area (Å²) in [6.45, 7) is 14.9. The molecule has 8 heteroatoms. The van der Waals surface area contributed by atoms with Crippen molar-refractivity contribution in [3.8, 4) is 0 Å². The molecule has 1 saturated heterocycles. The summed E-state index contributed by atoms with van der Waals surface area (Å²) >= 11 is 0. The third-order valence-electron chi connectivity index (χ3n) is 5.71. The first-order chi connectivity index (χ1) is 15.0. The van der Waals surface area contributed by atoms with Crippen LogP contribution in [0, 0.1) is 19.8 Å². The average molecular weight is 555 g/mol. The Morgan fingerprint density at radius 1 is 1.22 bits per heavy atom. The van der Waals surface area contributed by atoms with Crippen molar-refractivity contribution in [2.75, 3.05) is 39.8 Å². The van der Waals surface area contributed by atoms with Crippen LogP contribution in [-0.4, -0.2) is 66.6 Å². The molecule has 2 N–H and O–H groups in total. The minimum absolute atomic E-state index is 0. The normalized spacial score (nSPS) is 17.3. The minimum Gasteiger partial charge on any atom is -0.374 e. The average Bonchev–Trinajstić information content (AvgIpc) is 3.01. The van der Waals surface area contributed by atoms with Crippen LogP contribution in [0.2, 0.25) is 0 Å². The molecule has 3 rings (SSSR count). The molecule has 1 aliphatic rings. The van der Waals surface area contributed by atoms with E-state index in [4.69, 9.17) is 9.84 Å². The van der Waals surface area contributed by atoms with E-state index < -0.39 is 0 Å². The highest BCUT2D eigenvalue weighted by atomic mass is 127. The van der Waals surface area contributed by atoms with Crippen LogP contribution in [0.3, 0.4) is 0 Å². The van der Waals surface area contributed by atoms with Gasteiger partial charge in [0, 0.05) is 51.0 Å². The summed E-state index contributed by atoms with van der Waals surface area (Å²) in [5.74, 6) is 1.47. The highest BCUT2D eigenvalue weighted by Gasteiger charge is 2.21. The second-order valence-electron chi connectivity index (χ2n) is 8.75. The van der Waals surface area contributed by atoms with Crippen molar-refractivity contribution in [2.24, 2.45) is 10.9 Å². The summed E-state index contributed by atoms with van der Waals surface area (Å²) < 4.78 is 8.03. The third kappa shape index (κ3) is 7.74. The van der Waals surface area contributed by atoms with Crippen molar-refractivity contribution in [1.29, 1.82) is 0 Å². The summed E-state index contributed by atoms with van der Waals surface area (Å²) in [6.07, 6.45) is 0.183. The van der Waals surface area contributed by atoms with Gasteiger partial charge in [-0.05, 0) is 25.3 Å². The van der Waals surface area contributed by atoms with Crippen molar-refractivity contribution in [2.45, 2.75) is 46.9 Å². The summed E-state index contributed by atoms with van der Waals surface area (Å²) in [4.78, 5) is 6.88. The van der Waals surface area contributed by atoms with Gasteiger partial charge in [-0.3, -0.25) is 14.6 Å². The fourth-order valence-corrected chi connectivity index (χ4v) is 4.09. The second kappa shape index (κ2) is 13.2. The molecule has 0 radical (unpaired) electrons. The molecule has 0 aliphatic carbocycles. The fourth-order valence-electron chi connectivity index (χ4n) is 4.09. The van der Waals surface area contributed by atoms with Crippen LogP contribution < -0.4 is 10.6 Å². The van der Waals surface area contributed by atoms with Gasteiger partial charge in [0.25, 0.3) is 0 Å². The van der Waals surface area contributed by atoms with Crippen LogP contribution in [0.25, 0.3) is 0 Å². The summed E-state index contributed by atoms with van der Waals surface area (Å²) in [5.41, 5.74) is 4.71. The fraction of sp³-hybridized carbons (Fsp3) is 0.583. The maximum absolute atomic E-state index is 5.95. The molecular weight excluding hydrogens is 515 g/mol. The van der Waals surface area contributed by atoms with Gasteiger partial charge in [0.2, 0.25) is 0 Å². The van der Waals surface area contributed by atoms with E-state index in [0.717, 1.165) is 51.0 Å². The van der Waals surface area contributed by atoms with E-state index in [2.05, 4.69) is 77.2 Å². The molecule has 0 saturated carbocycles. The molecule has 1 unspecified atom stereocenters. The lowest BCUT2D eigenvalue weighted by Gasteiger charge is -2.34. The van der Waals surface area contributed by atoms with Crippen molar-refractivity contribution in [3.05, 3.63) is 52.8 Å². The van der Waals surface area contributed by atoms with Crippen molar-refractivity contribution in [1.82, 2.24) is 25.3 Å². The van der Waals surface area contributed by atoms with Gasteiger partial charge in [-0.15, -0.1) is 24.0 Å². The van der Waals surface area contributed by atoms with Crippen LogP contribution in [-0.2, 0) is 17.8 Å². The molecule has 0 amide bonds. The number of aryl methyl sites for hydroxylation is 1. The summed E-state index contributed by atoms with van der Waals surface area (Å²) in [6, 6.07) is 10.4. The zero-order chi connectivity index (χ0) is 22.2. The zero-order valence-corrected chi connectivity index (χ0v) is 22.4. The maximum atomic E-state index is 5.95. The van der Waals surface area contributed by atoms with E-state index in [9.17, 15) is 0 Å². The van der Waals surface area contributed by atoms with Gasteiger partial charge < -0.3 is 15.4 Å². The number of nitrogens with zero attached hydrogens (tertiary/aromatic N) is 4. The first-order valence-corrected chi connectivity index (χ1v) is 11.3.